The lowest BCUT2D eigenvalue weighted by Gasteiger charge is -2.07. The Morgan fingerprint density at radius 1 is 1.50 bits per heavy atom. The van der Waals surface area contributed by atoms with Gasteiger partial charge in [-0.2, -0.15) is 4.98 Å². The van der Waals surface area contributed by atoms with E-state index in [1.54, 1.807) is 20.2 Å². The third-order valence-electron chi connectivity index (χ3n) is 3.20. The molecule has 106 valence electrons. The Balaban J connectivity index is 1.58. The van der Waals surface area contributed by atoms with Gasteiger partial charge in [0.05, 0.1) is 6.54 Å². The van der Waals surface area contributed by atoms with Gasteiger partial charge in [0, 0.05) is 25.7 Å². The fraction of sp³-hybridized carbons (Fsp3) is 0.462. The van der Waals surface area contributed by atoms with Gasteiger partial charge in [0.15, 0.2) is 5.82 Å². The van der Waals surface area contributed by atoms with Gasteiger partial charge in [0.25, 0.3) is 5.91 Å². The van der Waals surface area contributed by atoms with Gasteiger partial charge in [-0.3, -0.25) is 4.79 Å². The molecule has 1 aliphatic rings. The molecule has 0 atom stereocenters. The summed E-state index contributed by atoms with van der Waals surface area (Å²) in [6.07, 6.45) is 2.29. The van der Waals surface area contributed by atoms with E-state index in [4.69, 9.17) is 4.52 Å². The number of amides is 1. The minimum atomic E-state index is -0.0509. The van der Waals surface area contributed by atoms with E-state index >= 15 is 0 Å². The molecule has 20 heavy (non-hydrogen) atoms. The number of anilines is 1. The molecule has 1 fully saturated rings. The average Bonchev–Trinajstić information content (AvgIpc) is 3.00. The summed E-state index contributed by atoms with van der Waals surface area (Å²) in [6.45, 7) is 0.507. The second kappa shape index (κ2) is 4.99. The summed E-state index contributed by atoms with van der Waals surface area (Å²) in [4.78, 5) is 20.6. The van der Waals surface area contributed by atoms with Crippen molar-refractivity contribution in [2.24, 2.45) is 0 Å². The van der Waals surface area contributed by atoms with Crippen LogP contribution in [0.4, 0.5) is 6.01 Å². The maximum atomic E-state index is 11.8. The van der Waals surface area contributed by atoms with E-state index in [-0.39, 0.29) is 5.91 Å². The van der Waals surface area contributed by atoms with E-state index < -0.39 is 0 Å². The first-order valence-electron chi connectivity index (χ1n) is 6.60. The lowest BCUT2D eigenvalue weighted by Crippen LogP contribution is -2.22. The van der Waals surface area contributed by atoms with Crippen LogP contribution in [0, 0.1) is 0 Å². The summed E-state index contributed by atoms with van der Waals surface area (Å²) in [5.41, 5.74) is 1.46. The third-order valence-corrected chi connectivity index (χ3v) is 3.20. The Morgan fingerprint density at radius 2 is 2.30 bits per heavy atom. The van der Waals surface area contributed by atoms with Gasteiger partial charge in [0.2, 0.25) is 0 Å². The van der Waals surface area contributed by atoms with Gasteiger partial charge < -0.3 is 19.7 Å². The third kappa shape index (κ3) is 2.66. The summed E-state index contributed by atoms with van der Waals surface area (Å²) in [7, 11) is 3.44. The van der Waals surface area contributed by atoms with Crippen LogP contribution < -0.4 is 5.32 Å². The molecule has 2 N–H and O–H groups in total. The van der Waals surface area contributed by atoms with Crippen molar-refractivity contribution in [1.29, 1.82) is 0 Å². The number of nitrogens with zero attached hydrogens (tertiary/aromatic N) is 3. The zero-order chi connectivity index (χ0) is 14.1. The molecule has 0 radical (unpaired) electrons. The second-order valence-electron chi connectivity index (χ2n) is 5.18. The van der Waals surface area contributed by atoms with E-state index in [1.165, 1.54) is 4.90 Å². The van der Waals surface area contributed by atoms with E-state index in [0.717, 1.165) is 24.4 Å². The van der Waals surface area contributed by atoms with Crippen molar-refractivity contribution in [3.63, 3.8) is 0 Å². The SMILES string of the molecule is CN(C)C(=O)c1ccc(CNc2nc(C3CC3)no2)[nH]1. The lowest BCUT2D eigenvalue weighted by molar-refractivity contribution is 0.0822. The number of carbonyl (C=O) groups excluding carboxylic acids is 1. The summed E-state index contributed by atoms with van der Waals surface area (Å²) in [6, 6.07) is 4.05. The van der Waals surface area contributed by atoms with Crippen LogP contribution in [0.25, 0.3) is 0 Å². The molecule has 2 heterocycles. The van der Waals surface area contributed by atoms with E-state index in [2.05, 4.69) is 20.4 Å². The summed E-state index contributed by atoms with van der Waals surface area (Å²) < 4.78 is 5.12. The standard InChI is InChI=1S/C13H17N5O2/c1-18(2)12(19)10-6-5-9(15-10)7-14-13-16-11(17-20-13)8-3-4-8/h5-6,8,15H,3-4,7H2,1-2H3,(H,14,16,17). The number of aromatic nitrogens is 3. The Labute approximate surface area is 116 Å². The minimum absolute atomic E-state index is 0.0509. The fourth-order valence-electron chi connectivity index (χ4n) is 1.89. The molecule has 7 heteroatoms. The summed E-state index contributed by atoms with van der Waals surface area (Å²) >= 11 is 0. The monoisotopic (exact) mass is 275 g/mol. The van der Waals surface area contributed by atoms with Crippen molar-refractivity contribution in [3.05, 3.63) is 29.3 Å². The molecular weight excluding hydrogens is 258 g/mol. The minimum Gasteiger partial charge on any atom is -0.353 e. The molecule has 1 saturated carbocycles. The van der Waals surface area contributed by atoms with Gasteiger partial charge in [-0.1, -0.05) is 5.16 Å². The molecule has 0 unspecified atom stereocenters. The van der Waals surface area contributed by atoms with Gasteiger partial charge in [-0.05, 0) is 25.0 Å². The van der Waals surface area contributed by atoms with Crippen LogP contribution in [0.1, 0.15) is 40.8 Å². The van der Waals surface area contributed by atoms with Crippen LogP contribution in [0.15, 0.2) is 16.7 Å². The summed E-state index contributed by atoms with van der Waals surface area (Å²) in [5.74, 6) is 1.21. The highest BCUT2D eigenvalue weighted by molar-refractivity contribution is 5.92. The maximum Gasteiger partial charge on any atom is 0.321 e. The highest BCUT2D eigenvalue weighted by atomic mass is 16.5. The van der Waals surface area contributed by atoms with Gasteiger partial charge in [-0.25, -0.2) is 0 Å². The second-order valence-corrected chi connectivity index (χ2v) is 5.18. The zero-order valence-corrected chi connectivity index (χ0v) is 11.5. The Hall–Kier alpha value is -2.31. The molecule has 0 aliphatic heterocycles. The number of nitrogens with one attached hydrogen (secondary N) is 2. The predicted octanol–water partition coefficient (Wildman–Crippen LogP) is 1.59. The number of hydrogen-bond acceptors (Lipinski definition) is 5. The first kappa shape index (κ1) is 12.7. The number of H-pyrrole nitrogens is 1. The van der Waals surface area contributed by atoms with Crippen molar-refractivity contribution in [2.45, 2.75) is 25.3 Å². The molecule has 1 amide bonds. The fourth-order valence-corrected chi connectivity index (χ4v) is 1.89. The molecule has 0 aromatic carbocycles. The Morgan fingerprint density at radius 3 is 3.00 bits per heavy atom. The topological polar surface area (TPSA) is 87.1 Å². The normalized spacial score (nSPS) is 14.3. The number of carbonyl (C=O) groups is 1. The molecule has 3 rings (SSSR count). The molecule has 7 nitrogen and oxygen atoms in total. The Kier molecular flexibility index (Phi) is 3.17. The average molecular weight is 275 g/mol. The molecule has 0 bridgehead atoms. The first-order valence-corrected chi connectivity index (χ1v) is 6.60. The van der Waals surface area contributed by atoms with Gasteiger partial charge in [-0.15, -0.1) is 0 Å². The maximum absolute atomic E-state index is 11.8. The van der Waals surface area contributed by atoms with Crippen LogP contribution in [0.5, 0.6) is 0 Å². The molecular formula is C13H17N5O2. The molecule has 1 aliphatic carbocycles. The van der Waals surface area contributed by atoms with Crippen LogP contribution in [0.3, 0.4) is 0 Å². The van der Waals surface area contributed by atoms with Crippen molar-refractivity contribution in [3.8, 4) is 0 Å². The number of rotatable bonds is 5. The van der Waals surface area contributed by atoms with Crippen LogP contribution in [0.2, 0.25) is 0 Å². The molecule has 2 aromatic rings. The smallest absolute Gasteiger partial charge is 0.321 e. The van der Waals surface area contributed by atoms with E-state index in [0.29, 0.717) is 24.2 Å². The molecule has 0 spiro atoms. The van der Waals surface area contributed by atoms with E-state index in [9.17, 15) is 4.79 Å². The first-order chi connectivity index (χ1) is 9.63. The quantitative estimate of drug-likeness (QED) is 0.865. The van der Waals surface area contributed by atoms with E-state index in [1.807, 2.05) is 6.07 Å². The van der Waals surface area contributed by atoms with Crippen LogP contribution in [-0.4, -0.2) is 40.0 Å². The largest absolute Gasteiger partial charge is 0.353 e. The number of hydrogen-bond donors (Lipinski definition) is 2. The van der Waals surface area contributed by atoms with Gasteiger partial charge in [0.1, 0.15) is 5.69 Å². The van der Waals surface area contributed by atoms with Crippen molar-refractivity contribution >= 4 is 11.9 Å². The number of aromatic amines is 1. The van der Waals surface area contributed by atoms with Crippen molar-refractivity contribution in [1.82, 2.24) is 20.0 Å². The highest BCUT2D eigenvalue weighted by Crippen LogP contribution is 2.38. The lowest BCUT2D eigenvalue weighted by atomic mass is 10.4. The Bertz CT molecular complexity index is 612. The molecule has 2 aromatic heterocycles. The zero-order valence-electron chi connectivity index (χ0n) is 11.5. The van der Waals surface area contributed by atoms with Crippen LogP contribution >= 0.6 is 0 Å². The summed E-state index contributed by atoms with van der Waals surface area (Å²) in [5, 5.41) is 6.98. The molecule has 0 saturated heterocycles. The highest BCUT2D eigenvalue weighted by Gasteiger charge is 2.28. The van der Waals surface area contributed by atoms with Crippen molar-refractivity contribution < 1.29 is 9.32 Å². The van der Waals surface area contributed by atoms with Crippen LogP contribution in [-0.2, 0) is 6.54 Å². The van der Waals surface area contributed by atoms with Crippen molar-refractivity contribution in [2.75, 3.05) is 19.4 Å². The van der Waals surface area contributed by atoms with Gasteiger partial charge >= 0.3 is 6.01 Å². The predicted molar refractivity (Wildman–Crippen MR) is 72.4 cm³/mol.